The fourth-order valence-corrected chi connectivity index (χ4v) is 8.66. The van der Waals surface area contributed by atoms with Crippen molar-refractivity contribution in [1.29, 1.82) is 0 Å². The third-order valence-electron chi connectivity index (χ3n) is 12.4. The molecule has 3 atom stereocenters. The van der Waals surface area contributed by atoms with Crippen LogP contribution in [-0.4, -0.2) is 69.4 Å². The first kappa shape index (κ1) is 66.7. The number of amides is 1. The third-order valence-corrected chi connectivity index (χ3v) is 13.4. The lowest BCUT2D eigenvalue weighted by molar-refractivity contribution is -0.870. The molecule has 0 aliphatic rings. The van der Waals surface area contributed by atoms with Gasteiger partial charge in [-0.1, -0.05) is 204 Å². The average molecular weight is 990 g/mol. The van der Waals surface area contributed by atoms with Gasteiger partial charge in [-0.3, -0.25) is 14.2 Å². The summed E-state index contributed by atoms with van der Waals surface area (Å²) in [4.78, 5) is 39.8. The van der Waals surface area contributed by atoms with Crippen LogP contribution in [0.15, 0.2) is 60.8 Å². The molecule has 0 aromatic rings. The van der Waals surface area contributed by atoms with E-state index >= 15 is 0 Å². The van der Waals surface area contributed by atoms with Crippen molar-refractivity contribution in [3.8, 4) is 0 Å². The first-order chi connectivity index (χ1) is 33.4. The number of unbranched alkanes of at least 4 members (excludes halogenated alkanes) is 27. The van der Waals surface area contributed by atoms with Gasteiger partial charge in [0, 0.05) is 12.8 Å². The number of nitrogens with one attached hydrogen (secondary N) is 1. The highest BCUT2D eigenvalue weighted by Crippen LogP contribution is 2.38. The molecule has 69 heavy (non-hydrogen) atoms. The molecular weight excluding hydrogens is 880 g/mol. The topological polar surface area (TPSA) is 114 Å². The maximum absolute atomic E-state index is 13.5. The molecule has 0 aromatic carbocycles. The number of carbonyl (C=O) groups is 2. The Kier molecular flexibility index (Phi) is 47.7. The van der Waals surface area contributed by atoms with Crippen molar-refractivity contribution in [2.75, 3.05) is 40.9 Å². The minimum absolute atomic E-state index is 0.0303. The summed E-state index contributed by atoms with van der Waals surface area (Å²) in [6.07, 6.45) is 60.4. The SMILES string of the molecule is CCCCC/C=C\C/C=C\C/C=C\CCCCCCC(=O)NC(COP(=O)([O-])OCC[N+](C)(C)C)C(/C=C/CCCCCCCCCCCC)OC(=O)CCCCC/C=C\CCCCCCCCC. The summed E-state index contributed by atoms with van der Waals surface area (Å²) in [5.41, 5.74) is 0. The molecule has 1 N–H and O–H groups in total. The van der Waals surface area contributed by atoms with Gasteiger partial charge in [-0.2, -0.15) is 0 Å². The summed E-state index contributed by atoms with van der Waals surface area (Å²) in [5, 5.41) is 3.00. The van der Waals surface area contributed by atoms with Crippen LogP contribution in [0.5, 0.6) is 0 Å². The van der Waals surface area contributed by atoms with E-state index in [1.54, 1.807) is 0 Å². The van der Waals surface area contributed by atoms with Crippen LogP contribution < -0.4 is 10.2 Å². The van der Waals surface area contributed by atoms with E-state index in [9.17, 15) is 19.0 Å². The van der Waals surface area contributed by atoms with Crippen molar-refractivity contribution in [2.24, 2.45) is 0 Å². The second kappa shape index (κ2) is 49.3. The number of hydrogen-bond acceptors (Lipinski definition) is 7. The monoisotopic (exact) mass is 989 g/mol. The molecule has 0 fully saturated rings. The number of carbonyl (C=O) groups excluding carboxylic acids is 2. The van der Waals surface area contributed by atoms with E-state index in [0.29, 0.717) is 23.9 Å². The summed E-state index contributed by atoms with van der Waals surface area (Å²) in [5.74, 6) is -0.584. The fraction of sp³-hybridized carbons (Fsp3) is 0.797. The van der Waals surface area contributed by atoms with E-state index < -0.39 is 26.6 Å². The largest absolute Gasteiger partial charge is 0.756 e. The Labute approximate surface area is 426 Å². The van der Waals surface area contributed by atoms with Gasteiger partial charge in [0.05, 0.1) is 33.8 Å². The molecule has 0 bridgehead atoms. The molecule has 0 saturated heterocycles. The highest BCUT2D eigenvalue weighted by molar-refractivity contribution is 7.45. The first-order valence-electron chi connectivity index (χ1n) is 28.6. The summed E-state index contributed by atoms with van der Waals surface area (Å²) < 4.78 is 30.2. The molecule has 0 aromatic heterocycles. The number of esters is 1. The highest BCUT2D eigenvalue weighted by atomic mass is 31.2. The van der Waals surface area contributed by atoms with Gasteiger partial charge in [0.2, 0.25) is 5.91 Å². The van der Waals surface area contributed by atoms with Crippen molar-refractivity contribution in [3.05, 3.63) is 60.8 Å². The van der Waals surface area contributed by atoms with Gasteiger partial charge in [-0.05, 0) is 96.0 Å². The van der Waals surface area contributed by atoms with Crippen molar-refractivity contribution in [1.82, 2.24) is 5.32 Å². The number of nitrogens with zero attached hydrogens (tertiary/aromatic N) is 1. The van der Waals surface area contributed by atoms with Crippen LogP contribution in [0.3, 0.4) is 0 Å². The van der Waals surface area contributed by atoms with Crippen LogP contribution in [0.2, 0.25) is 0 Å². The van der Waals surface area contributed by atoms with Crippen LogP contribution in [0, 0.1) is 0 Å². The van der Waals surface area contributed by atoms with E-state index in [-0.39, 0.29) is 31.3 Å². The number of rotatable bonds is 51. The number of hydrogen-bond donors (Lipinski definition) is 1. The lowest BCUT2D eigenvalue weighted by atomic mass is 10.0. The van der Waals surface area contributed by atoms with E-state index in [1.165, 1.54) is 122 Å². The van der Waals surface area contributed by atoms with E-state index in [4.69, 9.17) is 13.8 Å². The molecule has 9 nitrogen and oxygen atoms in total. The predicted molar refractivity (Wildman–Crippen MR) is 293 cm³/mol. The Morgan fingerprint density at radius 1 is 0.507 bits per heavy atom. The maximum atomic E-state index is 13.5. The van der Waals surface area contributed by atoms with Gasteiger partial charge in [0.25, 0.3) is 7.82 Å². The van der Waals surface area contributed by atoms with Gasteiger partial charge < -0.3 is 28.5 Å². The van der Waals surface area contributed by atoms with Crippen molar-refractivity contribution < 1.29 is 37.3 Å². The van der Waals surface area contributed by atoms with E-state index in [2.05, 4.69) is 74.7 Å². The van der Waals surface area contributed by atoms with Gasteiger partial charge in [0.1, 0.15) is 19.3 Å². The first-order valence-corrected chi connectivity index (χ1v) is 30.1. The van der Waals surface area contributed by atoms with Crippen molar-refractivity contribution in [3.63, 3.8) is 0 Å². The number of allylic oxidation sites excluding steroid dienone is 9. The number of phosphoric acid groups is 1. The van der Waals surface area contributed by atoms with Gasteiger partial charge >= 0.3 is 5.97 Å². The van der Waals surface area contributed by atoms with E-state index in [1.807, 2.05) is 33.3 Å². The normalized spacial score (nSPS) is 14.2. The van der Waals surface area contributed by atoms with Crippen LogP contribution in [-0.2, 0) is 27.9 Å². The Hall–Kier alpha value is -2.29. The molecule has 0 aliphatic carbocycles. The minimum Gasteiger partial charge on any atom is -0.756 e. The lowest BCUT2D eigenvalue weighted by Crippen LogP contribution is -2.47. The molecule has 0 rings (SSSR count). The van der Waals surface area contributed by atoms with Gasteiger partial charge in [0.15, 0.2) is 0 Å². The third kappa shape index (κ3) is 50.4. The maximum Gasteiger partial charge on any atom is 0.306 e. The zero-order chi connectivity index (χ0) is 50.8. The summed E-state index contributed by atoms with van der Waals surface area (Å²) in [6.45, 7) is 6.78. The second-order valence-corrected chi connectivity index (χ2v) is 21.8. The standard InChI is InChI=1S/C59H109N2O7P/c1-7-10-13-16-19-22-25-28-30-31-32-33-36-39-42-45-48-51-58(62)60-56(55-67-69(64,65)66-54-53-61(4,5)6)57(50-47-44-41-38-35-27-24-21-18-15-12-9-3)68-59(63)52-49-46-43-40-37-34-29-26-23-20-17-14-11-8-2/h19,22,28,30,32-34,37,47,50,56-57H,7-18,20-21,23-27,29,31,35-36,38-46,48-49,51-55H2,1-6H3,(H-,60,62,64,65)/b22-19-,30-28-,33-32-,37-34-,50-47+. The Balaban J connectivity index is 5.42. The molecule has 0 spiro atoms. The lowest BCUT2D eigenvalue weighted by Gasteiger charge is -2.30. The molecule has 1 amide bonds. The molecule has 402 valence electrons. The molecular formula is C59H109N2O7P. The zero-order valence-electron chi connectivity index (χ0n) is 45.8. The molecule has 10 heteroatoms. The fourth-order valence-electron chi connectivity index (χ4n) is 7.93. The predicted octanol–water partition coefficient (Wildman–Crippen LogP) is 16.5. The number of likely N-dealkylation sites (N-methyl/N-ethyl adjacent to an activating group) is 1. The van der Waals surface area contributed by atoms with Crippen molar-refractivity contribution >= 4 is 19.7 Å². The second-order valence-electron chi connectivity index (χ2n) is 20.4. The Morgan fingerprint density at radius 3 is 1.38 bits per heavy atom. The van der Waals surface area contributed by atoms with Crippen molar-refractivity contribution in [2.45, 2.75) is 264 Å². The van der Waals surface area contributed by atoms with E-state index in [0.717, 1.165) is 83.5 Å². The molecule has 0 radical (unpaired) electrons. The summed E-state index contributed by atoms with van der Waals surface area (Å²) in [7, 11) is 1.16. The average Bonchev–Trinajstić information content (AvgIpc) is 3.31. The Bertz CT molecular complexity index is 1370. The van der Waals surface area contributed by atoms with Crippen LogP contribution in [0.25, 0.3) is 0 Å². The van der Waals surface area contributed by atoms with Crippen LogP contribution >= 0.6 is 7.82 Å². The Morgan fingerprint density at radius 2 is 0.884 bits per heavy atom. The smallest absolute Gasteiger partial charge is 0.306 e. The summed E-state index contributed by atoms with van der Waals surface area (Å²) in [6, 6.07) is -0.905. The quantitative estimate of drug-likeness (QED) is 0.0212. The number of ether oxygens (including phenoxy) is 1. The van der Waals surface area contributed by atoms with Gasteiger partial charge in [-0.25, -0.2) is 0 Å². The highest BCUT2D eigenvalue weighted by Gasteiger charge is 2.27. The van der Waals surface area contributed by atoms with Gasteiger partial charge in [-0.15, -0.1) is 0 Å². The number of phosphoric ester groups is 1. The summed E-state index contributed by atoms with van der Waals surface area (Å²) >= 11 is 0. The van der Waals surface area contributed by atoms with Crippen LogP contribution in [0.1, 0.15) is 252 Å². The molecule has 3 unspecified atom stereocenters. The molecule has 0 saturated carbocycles. The van der Waals surface area contributed by atoms with Crippen LogP contribution in [0.4, 0.5) is 0 Å². The molecule has 0 aliphatic heterocycles. The molecule has 0 heterocycles. The minimum atomic E-state index is -4.70. The zero-order valence-corrected chi connectivity index (χ0v) is 46.7. The number of quaternary nitrogens is 1.